The van der Waals surface area contributed by atoms with Crippen LogP contribution in [0.3, 0.4) is 0 Å². The molecule has 24 nitrogen and oxygen atoms in total. The molecule has 2 aliphatic rings. The molecular formula is C40H79N2O22P3. The number of nitrogens with one attached hydrogen (secondary N) is 2. The summed E-state index contributed by atoms with van der Waals surface area (Å²) in [5.41, 5.74) is 0. The highest BCUT2D eigenvalue weighted by molar-refractivity contribution is 7.60. The lowest BCUT2D eigenvalue weighted by molar-refractivity contribution is -0.294. The number of hydrogen-bond acceptors (Lipinski definition) is 17. The Hall–Kier alpha value is -1.05. The Labute approximate surface area is 392 Å². The molecule has 2 fully saturated rings. The van der Waals surface area contributed by atoms with Crippen molar-refractivity contribution in [3.63, 3.8) is 0 Å². The molecule has 0 aromatic carbocycles. The van der Waals surface area contributed by atoms with Crippen LogP contribution in [-0.2, 0) is 50.9 Å². The van der Waals surface area contributed by atoms with E-state index in [0.717, 1.165) is 77.0 Å². The molecule has 67 heavy (non-hydrogen) atoms. The van der Waals surface area contributed by atoms with Crippen LogP contribution in [0.1, 0.15) is 155 Å². The summed E-state index contributed by atoms with van der Waals surface area (Å²) >= 11 is 0. The second kappa shape index (κ2) is 32.1. The standard InChI is InChI=1S/C40H79N2O22P3/c1-3-5-7-9-11-13-15-17-19-21-27(44)23-31(46)41-33-36(49)35(48)30(61-40(33)63-67(57,58)64-66(54,55)56)26-59-39-34(37(50)38(29(25-43)60-39)62-65(51,52)53)42-32(47)24-28(45)22-20-18-16-14-12-10-8-6-4-2/h27-30,33-40,43-45,48-50H,3-26H2,1-2H3,(H,41,46)(H,42,47)(H,57,58)(H2,51,52,53)(H2,54,55,56)/t27-,28-,29-,30-,33-,34-,35-,36-,37-,38-,39-,40?/m1/s1. The van der Waals surface area contributed by atoms with Crippen LogP contribution in [0, 0.1) is 0 Å². The first-order chi connectivity index (χ1) is 31.5. The van der Waals surface area contributed by atoms with Gasteiger partial charge >= 0.3 is 23.5 Å². The molecule has 2 rings (SSSR count). The summed E-state index contributed by atoms with van der Waals surface area (Å²) in [6.07, 6.45) is -0.549. The molecule has 13 atom stereocenters. The van der Waals surface area contributed by atoms with Gasteiger partial charge in [0, 0.05) is 0 Å². The van der Waals surface area contributed by atoms with Crippen molar-refractivity contribution in [2.45, 2.75) is 229 Å². The quantitative estimate of drug-likeness (QED) is 0.0317. The first-order valence-corrected chi connectivity index (χ1v) is 28.1. The van der Waals surface area contributed by atoms with E-state index in [4.69, 9.17) is 18.7 Å². The Morgan fingerprint density at radius 3 is 1.40 bits per heavy atom. The van der Waals surface area contributed by atoms with E-state index in [1.807, 2.05) is 0 Å². The summed E-state index contributed by atoms with van der Waals surface area (Å²) in [5, 5.41) is 69.4. The molecule has 0 radical (unpaired) electrons. The monoisotopic (exact) mass is 1030 g/mol. The fourth-order valence-corrected chi connectivity index (χ4v) is 10.2. The second-order valence-electron chi connectivity index (χ2n) is 17.4. The number of aliphatic hydroxyl groups excluding tert-OH is 6. The van der Waals surface area contributed by atoms with Gasteiger partial charge in [0.25, 0.3) is 0 Å². The van der Waals surface area contributed by atoms with Gasteiger partial charge in [-0.25, -0.2) is 13.7 Å². The predicted molar refractivity (Wildman–Crippen MR) is 238 cm³/mol. The van der Waals surface area contributed by atoms with Crippen LogP contribution in [0.15, 0.2) is 0 Å². The highest BCUT2D eigenvalue weighted by Crippen LogP contribution is 2.58. The molecule has 13 N–H and O–H groups in total. The molecule has 27 heteroatoms. The molecule has 0 aliphatic carbocycles. The number of rotatable bonds is 36. The van der Waals surface area contributed by atoms with Gasteiger partial charge in [-0.15, -0.1) is 0 Å². The maximum absolute atomic E-state index is 13.2. The molecule has 0 spiro atoms. The molecule has 2 saturated heterocycles. The normalized spacial score (nSPS) is 27.8. The second-order valence-corrected chi connectivity index (χ2v) is 21.4. The zero-order valence-electron chi connectivity index (χ0n) is 38.7. The van der Waals surface area contributed by atoms with Gasteiger partial charge < -0.3 is 80.0 Å². The smallest absolute Gasteiger partial charge is 0.394 e. The first kappa shape index (κ1) is 62.1. The summed E-state index contributed by atoms with van der Waals surface area (Å²) in [4.78, 5) is 73.8. The number of phosphoric ester groups is 2. The Kier molecular flexibility index (Phi) is 29.7. The molecule has 0 aromatic rings. The Morgan fingerprint density at radius 1 is 0.567 bits per heavy atom. The number of amides is 2. The lowest BCUT2D eigenvalue weighted by Gasteiger charge is -2.45. The van der Waals surface area contributed by atoms with Crippen LogP contribution in [0.4, 0.5) is 0 Å². The highest BCUT2D eigenvalue weighted by Gasteiger charge is 2.52. The van der Waals surface area contributed by atoms with Crippen molar-refractivity contribution in [3.05, 3.63) is 0 Å². The van der Waals surface area contributed by atoms with Gasteiger partial charge in [-0.1, -0.05) is 129 Å². The summed E-state index contributed by atoms with van der Waals surface area (Å²) < 4.78 is 66.2. The van der Waals surface area contributed by atoms with Crippen LogP contribution in [0.2, 0.25) is 0 Å². The Bertz CT molecular complexity index is 1540. The third-order valence-electron chi connectivity index (χ3n) is 11.5. The summed E-state index contributed by atoms with van der Waals surface area (Å²) in [6.45, 7) is 2.30. The largest absolute Gasteiger partial charge is 0.483 e. The average Bonchev–Trinajstić information content (AvgIpc) is 3.22. The molecule has 2 heterocycles. The lowest BCUT2D eigenvalue weighted by Crippen LogP contribution is -2.67. The van der Waals surface area contributed by atoms with Crippen LogP contribution >= 0.6 is 23.5 Å². The zero-order chi connectivity index (χ0) is 50.2. The van der Waals surface area contributed by atoms with Gasteiger partial charge in [-0.05, 0) is 12.8 Å². The minimum absolute atomic E-state index is 0.236. The van der Waals surface area contributed by atoms with E-state index >= 15 is 0 Å². The van der Waals surface area contributed by atoms with Crippen molar-refractivity contribution in [1.29, 1.82) is 0 Å². The van der Waals surface area contributed by atoms with Gasteiger partial charge in [-0.2, -0.15) is 4.31 Å². The van der Waals surface area contributed by atoms with Crippen LogP contribution < -0.4 is 10.6 Å². The summed E-state index contributed by atoms with van der Waals surface area (Å²) in [6, 6.07) is -3.72. The minimum Gasteiger partial charge on any atom is -0.394 e. The fourth-order valence-electron chi connectivity index (χ4n) is 7.94. The first-order valence-electron chi connectivity index (χ1n) is 23.5. The number of aliphatic hydroxyl groups is 6. The molecule has 2 aliphatic heterocycles. The number of phosphoric acid groups is 3. The topological polar surface area (TPSA) is 387 Å². The molecule has 0 bridgehead atoms. The van der Waals surface area contributed by atoms with Crippen molar-refractivity contribution in [1.82, 2.24) is 10.6 Å². The highest BCUT2D eigenvalue weighted by atomic mass is 31.3. The van der Waals surface area contributed by atoms with Gasteiger partial charge in [0.15, 0.2) is 12.6 Å². The van der Waals surface area contributed by atoms with E-state index in [2.05, 4.69) is 33.3 Å². The Morgan fingerprint density at radius 2 is 0.985 bits per heavy atom. The molecule has 396 valence electrons. The average molecular weight is 1030 g/mol. The van der Waals surface area contributed by atoms with E-state index in [9.17, 15) is 78.4 Å². The van der Waals surface area contributed by atoms with Crippen LogP contribution in [-0.4, -0.2) is 154 Å². The van der Waals surface area contributed by atoms with E-state index in [0.29, 0.717) is 12.8 Å². The van der Waals surface area contributed by atoms with Crippen LogP contribution in [0.25, 0.3) is 0 Å². The van der Waals surface area contributed by atoms with E-state index < -0.39 is 135 Å². The fraction of sp³-hybridized carbons (Fsp3) is 0.950. The minimum atomic E-state index is -5.80. The maximum Gasteiger partial charge on any atom is 0.483 e. The van der Waals surface area contributed by atoms with E-state index in [1.54, 1.807) is 0 Å². The Balaban J connectivity index is 2.18. The maximum atomic E-state index is 13.2. The van der Waals surface area contributed by atoms with Crippen molar-refractivity contribution in [2.75, 3.05) is 13.2 Å². The summed E-state index contributed by atoms with van der Waals surface area (Å²) in [5.74, 6) is -1.82. The van der Waals surface area contributed by atoms with Gasteiger partial charge in [0.05, 0.1) is 38.3 Å². The number of unbranched alkanes of at least 4 members (excludes halogenated alkanes) is 16. The number of carbonyl (C=O) groups is 2. The molecule has 2 unspecified atom stereocenters. The molecular weight excluding hydrogens is 953 g/mol. The van der Waals surface area contributed by atoms with Gasteiger partial charge in [0.1, 0.15) is 48.7 Å². The van der Waals surface area contributed by atoms with Crippen molar-refractivity contribution < 1.29 is 106 Å². The number of hydrogen-bond donors (Lipinski definition) is 13. The summed E-state index contributed by atoms with van der Waals surface area (Å²) in [7, 11) is -16.9. The third-order valence-corrected chi connectivity index (χ3v) is 14.1. The van der Waals surface area contributed by atoms with E-state index in [1.165, 1.54) is 25.7 Å². The molecule has 2 amide bonds. The number of carbonyl (C=O) groups excluding carboxylic acids is 2. The van der Waals surface area contributed by atoms with E-state index in [-0.39, 0.29) is 12.8 Å². The van der Waals surface area contributed by atoms with Crippen molar-refractivity contribution >= 4 is 35.3 Å². The molecule has 0 saturated carbocycles. The lowest BCUT2D eigenvalue weighted by atomic mass is 9.95. The van der Waals surface area contributed by atoms with Gasteiger partial charge in [-0.3, -0.25) is 18.6 Å². The zero-order valence-corrected chi connectivity index (χ0v) is 41.3. The SMILES string of the molecule is CCCCCCCCCCC[C@@H](O)CC(=O)N[C@H]1[C@H](OC[C@H]2OC(OP(=O)(O)OP(=O)(O)O)[C@H](NC(=O)C[C@H](O)CCCCCCCCCCC)[C@@H](O)[C@@H]2O)O[C@H](CO)[C@@H](OP(=O)(O)O)[C@@H]1O. The van der Waals surface area contributed by atoms with Gasteiger partial charge in [0.2, 0.25) is 11.8 Å². The van der Waals surface area contributed by atoms with Crippen molar-refractivity contribution in [3.8, 4) is 0 Å². The predicted octanol–water partition coefficient (Wildman–Crippen LogP) is 2.55. The molecule has 0 aromatic heterocycles. The third kappa shape index (κ3) is 25.8. The van der Waals surface area contributed by atoms with Crippen LogP contribution in [0.5, 0.6) is 0 Å². The number of ether oxygens (including phenoxy) is 3. The van der Waals surface area contributed by atoms with Crippen molar-refractivity contribution in [2.24, 2.45) is 0 Å².